The molecule has 0 fully saturated rings. The molecule has 0 radical (unpaired) electrons. The highest BCUT2D eigenvalue weighted by molar-refractivity contribution is 5.86. The van der Waals surface area contributed by atoms with Crippen LogP contribution in [0.5, 0.6) is 17.2 Å². The van der Waals surface area contributed by atoms with Crippen LogP contribution in [0.1, 0.15) is 18.9 Å². The molecule has 0 amide bonds. The third-order valence-corrected chi connectivity index (χ3v) is 2.82. The number of hydrogen-bond donors (Lipinski definition) is 1. The van der Waals surface area contributed by atoms with Gasteiger partial charge in [-0.3, -0.25) is 0 Å². The summed E-state index contributed by atoms with van der Waals surface area (Å²) in [6.07, 6.45) is 1.99. The molecule has 0 aliphatic carbocycles. The Bertz CT molecular complexity index is 480. The van der Waals surface area contributed by atoms with Crippen LogP contribution in [0.25, 0.3) is 0 Å². The van der Waals surface area contributed by atoms with Crippen LogP contribution in [0.3, 0.4) is 0 Å². The predicted octanol–water partition coefficient (Wildman–Crippen LogP) is 2.81. The van der Waals surface area contributed by atoms with Crippen molar-refractivity contribution in [2.75, 3.05) is 20.8 Å². The topological polar surface area (TPSA) is 65.0 Å². The molecule has 0 saturated heterocycles. The maximum absolute atomic E-state index is 10.9. The fourth-order valence-electron chi connectivity index (χ4n) is 1.76. The number of rotatable bonds is 7. The lowest BCUT2D eigenvalue weighted by atomic mass is 10.2. The zero-order valence-electron chi connectivity index (χ0n) is 12.2. The quantitative estimate of drug-likeness (QED) is 0.778. The molecule has 0 spiro atoms. The van der Waals surface area contributed by atoms with E-state index in [0.717, 1.165) is 5.56 Å². The van der Waals surface area contributed by atoms with Gasteiger partial charge in [0.1, 0.15) is 6.61 Å². The molecule has 1 aromatic rings. The molecule has 0 atom stereocenters. The lowest BCUT2D eigenvalue weighted by molar-refractivity contribution is -0.132. The third kappa shape index (κ3) is 3.91. The Labute approximate surface area is 118 Å². The van der Waals surface area contributed by atoms with Crippen molar-refractivity contribution in [3.05, 3.63) is 29.3 Å². The first-order valence-corrected chi connectivity index (χ1v) is 6.31. The van der Waals surface area contributed by atoms with Crippen LogP contribution in [0, 0.1) is 6.92 Å². The van der Waals surface area contributed by atoms with Crippen LogP contribution in [0.4, 0.5) is 0 Å². The molecule has 0 unspecified atom stereocenters. The van der Waals surface area contributed by atoms with E-state index < -0.39 is 5.97 Å². The van der Waals surface area contributed by atoms with Crippen LogP contribution < -0.4 is 14.2 Å². The molecule has 0 saturated carbocycles. The Morgan fingerprint density at radius 2 is 1.80 bits per heavy atom. The van der Waals surface area contributed by atoms with Gasteiger partial charge in [0.05, 0.1) is 14.2 Å². The molecule has 0 aliphatic rings. The zero-order valence-corrected chi connectivity index (χ0v) is 12.2. The summed E-state index contributed by atoms with van der Waals surface area (Å²) in [5, 5.41) is 8.94. The van der Waals surface area contributed by atoms with Gasteiger partial charge >= 0.3 is 5.97 Å². The molecule has 1 N–H and O–H groups in total. The van der Waals surface area contributed by atoms with Crippen molar-refractivity contribution in [2.24, 2.45) is 0 Å². The maximum atomic E-state index is 10.9. The van der Waals surface area contributed by atoms with Crippen molar-refractivity contribution >= 4 is 5.97 Å². The minimum atomic E-state index is -0.932. The van der Waals surface area contributed by atoms with E-state index in [0.29, 0.717) is 29.2 Å². The molecule has 20 heavy (non-hydrogen) atoms. The van der Waals surface area contributed by atoms with E-state index in [1.807, 2.05) is 19.1 Å². The van der Waals surface area contributed by atoms with E-state index in [4.69, 9.17) is 19.3 Å². The van der Waals surface area contributed by atoms with Crippen LogP contribution in [-0.4, -0.2) is 31.9 Å². The molecule has 0 aliphatic heterocycles. The Morgan fingerprint density at radius 3 is 2.20 bits per heavy atom. The number of hydrogen-bond acceptors (Lipinski definition) is 4. The van der Waals surface area contributed by atoms with Gasteiger partial charge in [-0.1, -0.05) is 6.92 Å². The first-order valence-electron chi connectivity index (χ1n) is 6.31. The number of carboxylic acid groups (broad SMARTS) is 1. The molecule has 0 heterocycles. The van der Waals surface area contributed by atoms with Crippen molar-refractivity contribution < 1.29 is 24.1 Å². The number of aliphatic carboxylic acids is 1. The molecular formula is C15H20O5. The van der Waals surface area contributed by atoms with E-state index in [1.165, 1.54) is 0 Å². The van der Waals surface area contributed by atoms with E-state index in [-0.39, 0.29) is 6.61 Å². The zero-order chi connectivity index (χ0) is 15.1. The van der Waals surface area contributed by atoms with Gasteiger partial charge in [0.25, 0.3) is 0 Å². The van der Waals surface area contributed by atoms with Gasteiger partial charge < -0.3 is 19.3 Å². The SMILES string of the molecule is CCC(=CCOc1c(OC)cc(C)cc1OC)C(=O)O. The standard InChI is InChI=1S/C15H20O5/c1-5-11(15(16)17)6-7-20-14-12(18-3)8-10(2)9-13(14)19-4/h6,8-9H,5,7H2,1-4H3,(H,16,17). The normalized spacial score (nSPS) is 11.1. The van der Waals surface area contributed by atoms with Gasteiger partial charge in [-0.25, -0.2) is 4.79 Å². The summed E-state index contributed by atoms with van der Waals surface area (Å²) >= 11 is 0. The Balaban J connectivity index is 2.94. The molecule has 5 nitrogen and oxygen atoms in total. The number of carboxylic acids is 1. The monoisotopic (exact) mass is 280 g/mol. The van der Waals surface area contributed by atoms with Gasteiger partial charge in [0.15, 0.2) is 11.5 Å². The van der Waals surface area contributed by atoms with Crippen molar-refractivity contribution in [3.63, 3.8) is 0 Å². The summed E-state index contributed by atoms with van der Waals surface area (Å²) in [5.74, 6) is 0.656. The first kappa shape index (κ1) is 15.9. The Morgan fingerprint density at radius 1 is 1.25 bits per heavy atom. The second-order valence-corrected chi connectivity index (χ2v) is 4.20. The fourth-order valence-corrected chi connectivity index (χ4v) is 1.76. The lowest BCUT2D eigenvalue weighted by Crippen LogP contribution is -2.04. The molecular weight excluding hydrogens is 260 g/mol. The number of methoxy groups -OCH3 is 2. The van der Waals surface area contributed by atoms with E-state index in [1.54, 1.807) is 27.2 Å². The van der Waals surface area contributed by atoms with Gasteiger partial charge in [0, 0.05) is 5.57 Å². The lowest BCUT2D eigenvalue weighted by Gasteiger charge is -2.14. The average Bonchev–Trinajstić information content (AvgIpc) is 2.43. The minimum absolute atomic E-state index is 0.144. The smallest absolute Gasteiger partial charge is 0.331 e. The van der Waals surface area contributed by atoms with E-state index >= 15 is 0 Å². The number of carbonyl (C=O) groups is 1. The predicted molar refractivity (Wildman–Crippen MR) is 75.8 cm³/mol. The highest BCUT2D eigenvalue weighted by Crippen LogP contribution is 2.38. The average molecular weight is 280 g/mol. The Hall–Kier alpha value is -2.17. The number of ether oxygens (including phenoxy) is 3. The van der Waals surface area contributed by atoms with Gasteiger partial charge in [-0.15, -0.1) is 0 Å². The fraction of sp³-hybridized carbons (Fsp3) is 0.400. The number of aryl methyl sites for hydroxylation is 1. The van der Waals surface area contributed by atoms with Crippen LogP contribution in [0.2, 0.25) is 0 Å². The second-order valence-electron chi connectivity index (χ2n) is 4.20. The number of benzene rings is 1. The maximum Gasteiger partial charge on any atom is 0.331 e. The van der Waals surface area contributed by atoms with E-state index in [2.05, 4.69) is 0 Å². The third-order valence-electron chi connectivity index (χ3n) is 2.82. The molecule has 1 aromatic carbocycles. The first-order chi connectivity index (χ1) is 9.53. The summed E-state index contributed by atoms with van der Waals surface area (Å²) in [4.78, 5) is 10.9. The van der Waals surface area contributed by atoms with Gasteiger partial charge in [-0.05, 0) is 37.1 Å². The molecule has 110 valence electrons. The minimum Gasteiger partial charge on any atom is -0.493 e. The van der Waals surface area contributed by atoms with Crippen LogP contribution in [0.15, 0.2) is 23.8 Å². The summed E-state index contributed by atoms with van der Waals surface area (Å²) in [5.41, 5.74) is 1.30. The summed E-state index contributed by atoms with van der Waals surface area (Å²) < 4.78 is 16.1. The highest BCUT2D eigenvalue weighted by atomic mass is 16.5. The van der Waals surface area contributed by atoms with Gasteiger partial charge in [-0.2, -0.15) is 0 Å². The highest BCUT2D eigenvalue weighted by Gasteiger charge is 2.13. The van der Waals surface area contributed by atoms with Gasteiger partial charge in [0.2, 0.25) is 5.75 Å². The van der Waals surface area contributed by atoms with Crippen molar-refractivity contribution in [2.45, 2.75) is 20.3 Å². The molecule has 5 heteroatoms. The second kappa shape index (κ2) is 7.43. The molecule has 0 bridgehead atoms. The van der Waals surface area contributed by atoms with Crippen LogP contribution in [-0.2, 0) is 4.79 Å². The molecule has 0 aromatic heterocycles. The summed E-state index contributed by atoms with van der Waals surface area (Å²) in [6, 6.07) is 3.67. The summed E-state index contributed by atoms with van der Waals surface area (Å²) in [7, 11) is 3.09. The Kier molecular flexibility index (Phi) is 5.90. The summed E-state index contributed by atoms with van der Waals surface area (Å²) in [6.45, 7) is 3.85. The van der Waals surface area contributed by atoms with Crippen molar-refractivity contribution in [3.8, 4) is 17.2 Å². The van der Waals surface area contributed by atoms with Crippen molar-refractivity contribution in [1.29, 1.82) is 0 Å². The largest absolute Gasteiger partial charge is 0.493 e. The van der Waals surface area contributed by atoms with Crippen molar-refractivity contribution in [1.82, 2.24) is 0 Å². The van der Waals surface area contributed by atoms with Crippen LogP contribution >= 0.6 is 0 Å². The van der Waals surface area contributed by atoms with E-state index in [9.17, 15) is 4.79 Å². The molecule has 1 rings (SSSR count).